The maximum absolute atomic E-state index is 11.4. The van der Waals surface area contributed by atoms with E-state index in [-0.39, 0.29) is 17.5 Å². The molecule has 0 aromatic carbocycles. The summed E-state index contributed by atoms with van der Waals surface area (Å²) in [6.45, 7) is 5.81. The number of aromatic nitrogens is 2. The summed E-state index contributed by atoms with van der Waals surface area (Å²) in [7, 11) is -2.81. The van der Waals surface area contributed by atoms with Crippen molar-refractivity contribution in [1.82, 2.24) is 9.97 Å². The van der Waals surface area contributed by atoms with E-state index in [1.54, 1.807) is 0 Å². The Labute approximate surface area is 108 Å². The molecule has 0 spiro atoms. The number of hydrogen-bond acceptors (Lipinski definition) is 5. The van der Waals surface area contributed by atoms with E-state index < -0.39 is 9.84 Å². The highest BCUT2D eigenvalue weighted by Crippen LogP contribution is 2.20. The molecule has 100 valence electrons. The summed E-state index contributed by atoms with van der Waals surface area (Å²) in [5.41, 5.74) is 2.00. The molecule has 1 aromatic heterocycles. The molecule has 1 aromatic rings. The van der Waals surface area contributed by atoms with E-state index in [1.807, 2.05) is 20.8 Å². The van der Waals surface area contributed by atoms with Crippen molar-refractivity contribution in [2.75, 3.05) is 16.8 Å². The molecule has 1 aliphatic heterocycles. The molecule has 2 rings (SSSR count). The Balaban J connectivity index is 2.11. The van der Waals surface area contributed by atoms with Gasteiger partial charge in [-0.05, 0) is 33.6 Å². The van der Waals surface area contributed by atoms with E-state index in [0.29, 0.717) is 12.8 Å². The topological polar surface area (TPSA) is 72.0 Å². The lowest BCUT2D eigenvalue weighted by Gasteiger charge is -2.24. The highest BCUT2D eigenvalue weighted by atomic mass is 32.2. The maximum atomic E-state index is 11.4. The van der Waals surface area contributed by atoms with Gasteiger partial charge in [0.1, 0.15) is 21.5 Å². The molecular formula is C12H19N3O2S. The van der Waals surface area contributed by atoms with Gasteiger partial charge in [0.2, 0.25) is 0 Å². The van der Waals surface area contributed by atoms with Crippen LogP contribution in [0.15, 0.2) is 0 Å². The molecule has 18 heavy (non-hydrogen) atoms. The van der Waals surface area contributed by atoms with E-state index in [4.69, 9.17) is 0 Å². The molecule has 0 bridgehead atoms. The highest BCUT2D eigenvalue weighted by Gasteiger charge is 2.24. The first kappa shape index (κ1) is 13.3. The molecule has 0 unspecified atom stereocenters. The van der Waals surface area contributed by atoms with Gasteiger partial charge in [-0.25, -0.2) is 18.4 Å². The van der Waals surface area contributed by atoms with Crippen molar-refractivity contribution in [3.63, 3.8) is 0 Å². The van der Waals surface area contributed by atoms with Gasteiger partial charge in [0.05, 0.1) is 11.5 Å². The van der Waals surface area contributed by atoms with Crippen LogP contribution in [0.3, 0.4) is 0 Å². The summed E-state index contributed by atoms with van der Waals surface area (Å²) in [5, 5.41) is 3.35. The fraction of sp³-hybridized carbons (Fsp3) is 0.667. The predicted octanol–water partition coefficient (Wildman–Crippen LogP) is 1.39. The zero-order valence-electron chi connectivity index (χ0n) is 11.0. The first-order valence-electron chi connectivity index (χ1n) is 6.16. The van der Waals surface area contributed by atoms with E-state index in [2.05, 4.69) is 15.3 Å². The lowest BCUT2D eigenvalue weighted by Crippen LogP contribution is -2.32. The Bertz CT molecular complexity index is 541. The summed E-state index contributed by atoms with van der Waals surface area (Å²) < 4.78 is 22.7. The number of hydrogen-bond donors (Lipinski definition) is 1. The molecule has 6 heteroatoms. The second-order valence-electron chi connectivity index (χ2n) is 4.90. The molecule has 1 N–H and O–H groups in total. The number of aryl methyl sites for hydroxylation is 2. The molecule has 5 nitrogen and oxygen atoms in total. The summed E-state index contributed by atoms with van der Waals surface area (Å²) in [6, 6.07) is 0.195. The average molecular weight is 269 g/mol. The van der Waals surface area contributed by atoms with Crippen molar-refractivity contribution in [3.8, 4) is 0 Å². The average Bonchev–Trinajstić information content (AvgIpc) is 2.28. The second-order valence-corrected chi connectivity index (χ2v) is 7.20. The molecule has 1 fully saturated rings. The first-order valence-corrected chi connectivity index (χ1v) is 7.98. The Kier molecular flexibility index (Phi) is 3.56. The molecule has 0 saturated carbocycles. The minimum atomic E-state index is -2.81. The molecular weight excluding hydrogens is 250 g/mol. The van der Waals surface area contributed by atoms with Crippen LogP contribution in [-0.2, 0) is 9.84 Å². The van der Waals surface area contributed by atoms with Gasteiger partial charge in [0, 0.05) is 17.3 Å². The van der Waals surface area contributed by atoms with Crippen molar-refractivity contribution in [1.29, 1.82) is 0 Å². The third-order valence-electron chi connectivity index (χ3n) is 3.40. The highest BCUT2D eigenvalue weighted by molar-refractivity contribution is 7.91. The van der Waals surface area contributed by atoms with Crippen LogP contribution in [0.2, 0.25) is 0 Å². The largest absolute Gasteiger partial charge is 0.367 e. The van der Waals surface area contributed by atoms with Gasteiger partial charge in [0.15, 0.2) is 0 Å². The molecule has 0 atom stereocenters. The molecule has 1 aliphatic rings. The van der Waals surface area contributed by atoms with Crippen LogP contribution < -0.4 is 5.32 Å². The monoisotopic (exact) mass is 269 g/mol. The maximum Gasteiger partial charge on any atom is 0.150 e. The molecule has 0 aliphatic carbocycles. The number of nitrogens with zero attached hydrogens (tertiary/aromatic N) is 2. The minimum absolute atomic E-state index is 0.195. The smallest absolute Gasteiger partial charge is 0.150 e. The number of nitrogens with one attached hydrogen (secondary N) is 1. The van der Waals surface area contributed by atoms with Gasteiger partial charge in [-0.15, -0.1) is 0 Å². The fourth-order valence-corrected chi connectivity index (χ4v) is 3.63. The third kappa shape index (κ3) is 2.98. The lowest BCUT2D eigenvalue weighted by molar-refractivity contribution is 0.558. The third-order valence-corrected chi connectivity index (χ3v) is 5.11. The zero-order valence-corrected chi connectivity index (χ0v) is 11.8. The predicted molar refractivity (Wildman–Crippen MR) is 71.5 cm³/mol. The van der Waals surface area contributed by atoms with Gasteiger partial charge >= 0.3 is 0 Å². The van der Waals surface area contributed by atoms with Gasteiger partial charge in [0.25, 0.3) is 0 Å². The van der Waals surface area contributed by atoms with Crippen LogP contribution in [-0.4, -0.2) is 35.9 Å². The van der Waals surface area contributed by atoms with Gasteiger partial charge in [-0.2, -0.15) is 0 Å². The van der Waals surface area contributed by atoms with Crippen molar-refractivity contribution in [2.45, 2.75) is 39.7 Å². The van der Waals surface area contributed by atoms with Crippen LogP contribution in [0, 0.1) is 20.8 Å². The zero-order chi connectivity index (χ0) is 13.3. The minimum Gasteiger partial charge on any atom is -0.367 e. The fourth-order valence-electron chi connectivity index (χ4n) is 2.14. The van der Waals surface area contributed by atoms with Crippen LogP contribution in [0.4, 0.5) is 5.82 Å². The van der Waals surface area contributed by atoms with Crippen LogP contribution in [0.25, 0.3) is 0 Å². The molecule has 1 saturated heterocycles. The number of rotatable bonds is 2. The van der Waals surface area contributed by atoms with E-state index in [1.165, 1.54) is 0 Å². The van der Waals surface area contributed by atoms with Crippen LogP contribution in [0.5, 0.6) is 0 Å². The Morgan fingerprint density at radius 2 is 1.72 bits per heavy atom. The lowest BCUT2D eigenvalue weighted by atomic mass is 10.1. The van der Waals surface area contributed by atoms with E-state index >= 15 is 0 Å². The molecule has 2 heterocycles. The van der Waals surface area contributed by atoms with Crippen molar-refractivity contribution >= 4 is 15.7 Å². The normalized spacial score (nSPS) is 19.7. The second kappa shape index (κ2) is 4.84. The summed E-state index contributed by atoms with van der Waals surface area (Å²) in [4.78, 5) is 8.70. The standard InChI is InChI=1S/C12H19N3O2S/c1-8-9(2)13-10(3)14-12(8)15-11-4-6-18(16,17)7-5-11/h11H,4-7H2,1-3H3,(H,13,14,15). The van der Waals surface area contributed by atoms with Gasteiger partial charge < -0.3 is 5.32 Å². The summed E-state index contributed by atoms with van der Waals surface area (Å²) in [6.07, 6.45) is 1.31. The molecule has 0 radical (unpaired) electrons. The number of anilines is 1. The van der Waals surface area contributed by atoms with Gasteiger partial charge in [-0.1, -0.05) is 0 Å². The quantitative estimate of drug-likeness (QED) is 0.878. The van der Waals surface area contributed by atoms with Crippen LogP contribution in [0.1, 0.15) is 29.9 Å². The first-order chi connectivity index (χ1) is 8.37. The molecule has 0 amide bonds. The van der Waals surface area contributed by atoms with Crippen LogP contribution >= 0.6 is 0 Å². The SMILES string of the molecule is Cc1nc(C)c(C)c(NC2CCS(=O)(=O)CC2)n1. The van der Waals surface area contributed by atoms with E-state index in [0.717, 1.165) is 22.9 Å². The summed E-state index contributed by atoms with van der Waals surface area (Å²) in [5.74, 6) is 2.12. The number of sulfone groups is 1. The Morgan fingerprint density at radius 1 is 1.11 bits per heavy atom. The van der Waals surface area contributed by atoms with Crippen molar-refractivity contribution in [2.24, 2.45) is 0 Å². The summed E-state index contributed by atoms with van der Waals surface area (Å²) >= 11 is 0. The van der Waals surface area contributed by atoms with E-state index in [9.17, 15) is 8.42 Å². The van der Waals surface area contributed by atoms with Crippen molar-refractivity contribution in [3.05, 3.63) is 17.1 Å². The van der Waals surface area contributed by atoms with Gasteiger partial charge in [-0.3, -0.25) is 0 Å². The Hall–Kier alpha value is -1.17. The van der Waals surface area contributed by atoms with Crippen molar-refractivity contribution < 1.29 is 8.42 Å². The Morgan fingerprint density at radius 3 is 2.33 bits per heavy atom.